The molecule has 0 spiro atoms. The highest BCUT2D eigenvalue weighted by atomic mass is 32.2. The maximum Gasteiger partial charge on any atom is 0.267 e. The number of aromatic nitrogens is 3. The average molecular weight is 344 g/mol. The zero-order valence-electron chi connectivity index (χ0n) is 12.2. The first-order valence-corrected chi connectivity index (χ1v) is 8.83. The molecule has 0 radical (unpaired) electrons. The van der Waals surface area contributed by atoms with Gasteiger partial charge >= 0.3 is 0 Å². The average Bonchev–Trinajstić information content (AvgIpc) is 3.13. The van der Waals surface area contributed by atoms with Crippen molar-refractivity contribution in [3.05, 3.63) is 45.9 Å². The van der Waals surface area contributed by atoms with E-state index in [9.17, 15) is 9.59 Å². The lowest BCUT2D eigenvalue weighted by molar-refractivity contribution is 0.102. The van der Waals surface area contributed by atoms with E-state index >= 15 is 0 Å². The molecule has 1 amide bonds. The van der Waals surface area contributed by atoms with Gasteiger partial charge in [-0.05, 0) is 24.6 Å². The summed E-state index contributed by atoms with van der Waals surface area (Å²) in [6, 6.07) is 5.91. The highest BCUT2D eigenvalue weighted by Crippen LogP contribution is 2.27. The van der Waals surface area contributed by atoms with Crippen molar-refractivity contribution in [2.45, 2.75) is 18.6 Å². The number of fused-ring (bicyclic) bond motifs is 2. The number of carbonyl (C=O) groups is 1. The Kier molecular flexibility index (Phi) is 3.42. The molecule has 1 N–H and O–H groups in total. The number of aryl methyl sites for hydroxylation is 1. The second kappa shape index (κ2) is 5.47. The summed E-state index contributed by atoms with van der Waals surface area (Å²) in [5, 5.41) is 3.86. The molecular formula is C15H12N4O2S2. The van der Waals surface area contributed by atoms with E-state index in [2.05, 4.69) is 15.3 Å². The number of nitrogens with one attached hydrogen (secondary N) is 1. The normalized spacial score (nSPS) is 13.3. The summed E-state index contributed by atoms with van der Waals surface area (Å²) in [5.74, 6) is 0.343. The summed E-state index contributed by atoms with van der Waals surface area (Å²) in [7, 11) is 0. The van der Waals surface area contributed by atoms with Gasteiger partial charge in [0.05, 0.1) is 10.2 Å². The van der Waals surface area contributed by atoms with E-state index in [1.165, 1.54) is 29.3 Å². The molecule has 3 aromatic rings. The number of carbonyl (C=O) groups excluding carboxylic acids is 1. The Labute approximate surface area is 139 Å². The fourth-order valence-corrected chi connectivity index (χ4v) is 4.30. The van der Waals surface area contributed by atoms with E-state index < -0.39 is 5.91 Å². The zero-order valence-corrected chi connectivity index (χ0v) is 13.8. The predicted octanol–water partition coefficient (Wildman–Crippen LogP) is 2.52. The summed E-state index contributed by atoms with van der Waals surface area (Å²) in [4.78, 5) is 33.3. The molecule has 116 valence electrons. The molecule has 3 heterocycles. The third-order valence-corrected chi connectivity index (χ3v) is 5.47. The molecule has 0 atom stereocenters. The minimum atomic E-state index is -0.467. The molecule has 2 aromatic heterocycles. The van der Waals surface area contributed by atoms with Crippen LogP contribution >= 0.6 is 23.1 Å². The van der Waals surface area contributed by atoms with Crippen LogP contribution in [0.3, 0.4) is 0 Å². The van der Waals surface area contributed by atoms with Crippen LogP contribution < -0.4 is 10.9 Å². The number of nitrogens with zero attached hydrogens (tertiary/aromatic N) is 3. The van der Waals surface area contributed by atoms with Crippen LogP contribution in [0.5, 0.6) is 0 Å². The Morgan fingerprint density at radius 3 is 3.13 bits per heavy atom. The molecule has 1 aromatic carbocycles. The molecule has 0 aliphatic carbocycles. The zero-order chi connectivity index (χ0) is 16.0. The first-order chi connectivity index (χ1) is 11.1. The molecule has 6 nitrogen and oxygen atoms in total. The number of benzene rings is 1. The Morgan fingerprint density at radius 1 is 1.39 bits per heavy atom. The number of rotatable bonds is 2. The lowest BCUT2D eigenvalue weighted by Gasteiger charge is -2.04. The molecule has 0 fully saturated rings. The topological polar surface area (TPSA) is 76.9 Å². The van der Waals surface area contributed by atoms with Crippen LogP contribution in [0.15, 0.2) is 34.3 Å². The van der Waals surface area contributed by atoms with Crippen molar-refractivity contribution in [2.24, 2.45) is 0 Å². The fourth-order valence-electron chi connectivity index (χ4n) is 2.42. The molecule has 0 unspecified atom stereocenters. The van der Waals surface area contributed by atoms with E-state index in [0.29, 0.717) is 16.8 Å². The van der Waals surface area contributed by atoms with Crippen molar-refractivity contribution < 1.29 is 4.79 Å². The molecule has 0 bridgehead atoms. The smallest absolute Gasteiger partial charge is 0.267 e. The Bertz CT molecular complexity index is 993. The van der Waals surface area contributed by atoms with Gasteiger partial charge in [0.2, 0.25) is 0 Å². The highest BCUT2D eigenvalue weighted by molar-refractivity contribution is 7.99. The largest absolute Gasteiger partial charge is 0.298 e. The second-order valence-corrected chi connectivity index (χ2v) is 7.30. The van der Waals surface area contributed by atoms with E-state index in [4.69, 9.17) is 0 Å². The van der Waals surface area contributed by atoms with Gasteiger partial charge in [0.15, 0.2) is 10.3 Å². The van der Waals surface area contributed by atoms with E-state index in [1.807, 2.05) is 25.1 Å². The van der Waals surface area contributed by atoms with Gasteiger partial charge in [-0.3, -0.25) is 19.5 Å². The van der Waals surface area contributed by atoms with E-state index in [1.54, 1.807) is 4.57 Å². The van der Waals surface area contributed by atoms with Gasteiger partial charge in [-0.1, -0.05) is 29.2 Å². The minimum Gasteiger partial charge on any atom is -0.298 e. The first kappa shape index (κ1) is 14.4. The monoisotopic (exact) mass is 344 g/mol. The van der Waals surface area contributed by atoms with Crippen molar-refractivity contribution in [1.82, 2.24) is 14.5 Å². The van der Waals surface area contributed by atoms with Gasteiger partial charge in [0.25, 0.3) is 11.5 Å². The van der Waals surface area contributed by atoms with Crippen LogP contribution in [-0.2, 0) is 6.54 Å². The number of thioether (sulfide) groups is 1. The number of thiazole rings is 1. The quantitative estimate of drug-likeness (QED) is 0.723. The Morgan fingerprint density at radius 2 is 2.26 bits per heavy atom. The molecule has 4 rings (SSSR count). The maximum atomic E-state index is 12.4. The molecular weight excluding hydrogens is 332 g/mol. The van der Waals surface area contributed by atoms with Gasteiger partial charge in [-0.2, -0.15) is 0 Å². The Hall–Kier alpha value is -2.19. The highest BCUT2D eigenvalue weighted by Gasteiger charge is 2.20. The fraction of sp³-hybridized carbons (Fsp3) is 0.200. The van der Waals surface area contributed by atoms with Crippen molar-refractivity contribution in [2.75, 3.05) is 11.1 Å². The molecule has 0 saturated heterocycles. The van der Waals surface area contributed by atoms with Crippen LogP contribution in [0.25, 0.3) is 10.2 Å². The van der Waals surface area contributed by atoms with Crippen molar-refractivity contribution >= 4 is 44.4 Å². The summed E-state index contributed by atoms with van der Waals surface area (Å²) in [6.45, 7) is 2.60. The maximum absolute atomic E-state index is 12.4. The Balaban J connectivity index is 1.66. The summed E-state index contributed by atoms with van der Waals surface area (Å²) >= 11 is 2.91. The number of amides is 1. The van der Waals surface area contributed by atoms with Crippen LogP contribution in [0.1, 0.15) is 15.9 Å². The number of anilines is 1. The van der Waals surface area contributed by atoms with Crippen molar-refractivity contribution in [3.8, 4) is 0 Å². The lowest BCUT2D eigenvalue weighted by Crippen LogP contribution is -2.29. The molecule has 1 aliphatic rings. The molecule has 8 heteroatoms. The van der Waals surface area contributed by atoms with Gasteiger partial charge in [-0.25, -0.2) is 9.97 Å². The van der Waals surface area contributed by atoms with Crippen LogP contribution in [0.2, 0.25) is 0 Å². The first-order valence-electron chi connectivity index (χ1n) is 7.03. The lowest BCUT2D eigenvalue weighted by atomic mass is 10.2. The van der Waals surface area contributed by atoms with Gasteiger partial charge in [0, 0.05) is 18.5 Å². The summed E-state index contributed by atoms with van der Waals surface area (Å²) in [5.41, 5.74) is 1.72. The van der Waals surface area contributed by atoms with Crippen LogP contribution in [-0.4, -0.2) is 26.2 Å². The van der Waals surface area contributed by atoms with E-state index in [-0.39, 0.29) is 11.1 Å². The summed E-state index contributed by atoms with van der Waals surface area (Å²) in [6.07, 6.45) is 1.35. The second-order valence-electron chi connectivity index (χ2n) is 5.20. The molecule has 1 aliphatic heterocycles. The van der Waals surface area contributed by atoms with Crippen molar-refractivity contribution in [3.63, 3.8) is 0 Å². The molecule has 23 heavy (non-hydrogen) atoms. The third-order valence-electron chi connectivity index (χ3n) is 3.57. The van der Waals surface area contributed by atoms with Crippen molar-refractivity contribution in [1.29, 1.82) is 0 Å². The van der Waals surface area contributed by atoms with Gasteiger partial charge in [0.1, 0.15) is 5.56 Å². The standard InChI is InChI=1S/C15H12N4O2S2/c1-8-2-3-10-11(6-8)23-14(17-10)18-12(20)9-7-16-15-19(13(9)21)4-5-22-15/h2-3,6-7H,4-5H2,1H3,(H,17,18,20). The van der Waals surface area contributed by atoms with Crippen LogP contribution in [0.4, 0.5) is 5.13 Å². The van der Waals surface area contributed by atoms with E-state index in [0.717, 1.165) is 21.5 Å². The minimum absolute atomic E-state index is 0.0479. The summed E-state index contributed by atoms with van der Waals surface area (Å²) < 4.78 is 2.54. The third kappa shape index (κ3) is 2.53. The SMILES string of the molecule is Cc1ccc2nc(NC(=O)c3cnc4n(c3=O)CCS4)sc2c1. The number of hydrogen-bond acceptors (Lipinski definition) is 6. The number of hydrogen-bond donors (Lipinski definition) is 1. The molecule has 0 saturated carbocycles. The van der Waals surface area contributed by atoms with Gasteiger partial charge in [-0.15, -0.1) is 0 Å². The van der Waals surface area contributed by atoms with Gasteiger partial charge < -0.3 is 0 Å². The van der Waals surface area contributed by atoms with Crippen LogP contribution in [0, 0.1) is 6.92 Å². The predicted molar refractivity (Wildman–Crippen MR) is 91.5 cm³/mol.